The maximum Gasteiger partial charge on any atom is 0.338 e. The van der Waals surface area contributed by atoms with E-state index in [0.29, 0.717) is 34.1 Å². The Kier molecular flexibility index (Phi) is 4.10. The number of hydrazone groups is 1. The molecule has 6 nitrogen and oxygen atoms in total. The first-order valence-electron chi connectivity index (χ1n) is 9.27. The number of hydrogen-bond donors (Lipinski definition) is 0. The van der Waals surface area contributed by atoms with Gasteiger partial charge in [-0.25, -0.2) is 9.18 Å². The number of nitrogens with zero attached hydrogens (tertiary/aromatic N) is 2. The first kappa shape index (κ1) is 18.1. The van der Waals surface area contributed by atoms with E-state index in [1.807, 2.05) is 12.1 Å². The van der Waals surface area contributed by atoms with Crippen LogP contribution in [0.3, 0.4) is 0 Å². The molecule has 0 N–H and O–H groups in total. The third-order valence-electron chi connectivity index (χ3n) is 5.02. The lowest BCUT2D eigenvalue weighted by atomic mass is 10.0. The van der Waals surface area contributed by atoms with Crippen LogP contribution in [0.5, 0.6) is 0 Å². The number of ether oxygens (including phenoxy) is 1. The second-order valence-corrected chi connectivity index (χ2v) is 6.99. The smallest absolute Gasteiger partial charge is 0.338 e. The lowest BCUT2D eigenvalue weighted by Crippen LogP contribution is -2.21. The minimum Gasteiger partial charge on any atom is -0.457 e. The van der Waals surface area contributed by atoms with Gasteiger partial charge in [0.15, 0.2) is 0 Å². The van der Waals surface area contributed by atoms with Crippen LogP contribution < -0.4 is 5.01 Å². The highest BCUT2D eigenvalue weighted by molar-refractivity contribution is 6.32. The molecule has 0 aliphatic carbocycles. The first-order chi connectivity index (χ1) is 14.5. The van der Waals surface area contributed by atoms with Crippen LogP contribution in [0.2, 0.25) is 0 Å². The third kappa shape index (κ3) is 3.00. The molecule has 7 heteroatoms. The molecular weight excluding hydrogens is 387 g/mol. The SMILES string of the molecule is CC1=NN(c2ccc(F)cc2)C(=O)C1=Cc1ccc(-c2ccc3c(c2)C(=O)OC3)o1. The second-order valence-electron chi connectivity index (χ2n) is 6.99. The number of esters is 1. The fourth-order valence-corrected chi connectivity index (χ4v) is 3.44. The molecule has 3 heterocycles. The molecule has 0 radical (unpaired) electrons. The summed E-state index contributed by atoms with van der Waals surface area (Å²) >= 11 is 0. The van der Waals surface area contributed by atoms with Crippen molar-refractivity contribution in [3.8, 4) is 11.3 Å². The molecule has 0 saturated carbocycles. The molecule has 0 saturated heterocycles. The lowest BCUT2D eigenvalue weighted by Gasteiger charge is -2.11. The monoisotopic (exact) mass is 402 g/mol. The van der Waals surface area contributed by atoms with E-state index >= 15 is 0 Å². The van der Waals surface area contributed by atoms with Gasteiger partial charge in [0.25, 0.3) is 5.91 Å². The van der Waals surface area contributed by atoms with Crippen LogP contribution in [0.1, 0.15) is 28.6 Å². The predicted octanol–water partition coefficient (Wildman–Crippen LogP) is 4.56. The fraction of sp³-hybridized carbons (Fsp3) is 0.0870. The van der Waals surface area contributed by atoms with Crippen LogP contribution in [0.4, 0.5) is 10.1 Å². The van der Waals surface area contributed by atoms with Crippen LogP contribution in [-0.2, 0) is 16.1 Å². The summed E-state index contributed by atoms with van der Waals surface area (Å²) < 4.78 is 24.1. The molecular formula is C23H15FN2O4. The minimum absolute atomic E-state index is 0.287. The van der Waals surface area contributed by atoms with Crippen molar-refractivity contribution in [2.45, 2.75) is 13.5 Å². The molecule has 2 aliphatic heterocycles. The van der Waals surface area contributed by atoms with Crippen molar-refractivity contribution in [3.63, 3.8) is 0 Å². The Morgan fingerprint density at radius 1 is 1.07 bits per heavy atom. The van der Waals surface area contributed by atoms with Crippen molar-refractivity contribution in [2.24, 2.45) is 5.10 Å². The van der Waals surface area contributed by atoms with Gasteiger partial charge in [-0.3, -0.25) is 4.79 Å². The average molecular weight is 402 g/mol. The number of rotatable bonds is 3. The summed E-state index contributed by atoms with van der Waals surface area (Å²) in [5, 5.41) is 5.51. The normalized spacial score (nSPS) is 16.8. The van der Waals surface area contributed by atoms with Crippen molar-refractivity contribution in [1.29, 1.82) is 0 Å². The Balaban J connectivity index is 1.43. The highest BCUT2D eigenvalue weighted by Gasteiger charge is 2.29. The number of benzene rings is 2. The van der Waals surface area contributed by atoms with Crippen molar-refractivity contribution in [2.75, 3.05) is 5.01 Å². The van der Waals surface area contributed by atoms with Crippen molar-refractivity contribution in [1.82, 2.24) is 0 Å². The van der Waals surface area contributed by atoms with Crippen LogP contribution in [-0.4, -0.2) is 17.6 Å². The zero-order valence-electron chi connectivity index (χ0n) is 15.9. The van der Waals surface area contributed by atoms with Crippen molar-refractivity contribution in [3.05, 3.63) is 82.9 Å². The Morgan fingerprint density at radius 3 is 2.67 bits per heavy atom. The standard InChI is InChI=1S/C23H15FN2O4/c1-13-19(22(27)26(25-13)17-6-4-16(24)5-7-17)11-18-8-9-21(30-18)14-2-3-15-12-29-23(28)20(15)10-14/h2-11H,12H2,1H3. The van der Waals surface area contributed by atoms with E-state index in [2.05, 4.69) is 5.10 Å². The van der Waals surface area contributed by atoms with Gasteiger partial charge >= 0.3 is 5.97 Å². The Bertz CT molecular complexity index is 1250. The van der Waals surface area contributed by atoms with Crippen LogP contribution in [0.15, 0.2) is 69.7 Å². The van der Waals surface area contributed by atoms with E-state index in [1.54, 1.807) is 31.2 Å². The van der Waals surface area contributed by atoms with Gasteiger partial charge in [-0.2, -0.15) is 10.1 Å². The second kappa shape index (κ2) is 6.81. The summed E-state index contributed by atoms with van der Waals surface area (Å²) in [5.41, 5.74) is 3.53. The summed E-state index contributed by atoms with van der Waals surface area (Å²) in [7, 11) is 0. The number of cyclic esters (lactones) is 1. The summed E-state index contributed by atoms with van der Waals surface area (Å²) in [6, 6.07) is 14.5. The highest BCUT2D eigenvalue weighted by Crippen LogP contribution is 2.30. The molecule has 0 spiro atoms. The molecule has 0 fully saturated rings. The number of carbonyl (C=O) groups excluding carboxylic acids is 2. The summed E-state index contributed by atoms with van der Waals surface area (Å²) in [5.74, 6) is -0.00106. The van der Waals surface area contributed by atoms with E-state index in [1.165, 1.54) is 29.3 Å². The summed E-state index contributed by atoms with van der Waals surface area (Å²) in [4.78, 5) is 24.6. The largest absolute Gasteiger partial charge is 0.457 e. The van der Waals surface area contributed by atoms with E-state index < -0.39 is 0 Å². The molecule has 0 unspecified atom stereocenters. The van der Waals surface area contributed by atoms with Crippen molar-refractivity contribution >= 4 is 29.4 Å². The number of amides is 1. The minimum atomic E-state index is -0.384. The van der Waals surface area contributed by atoms with E-state index in [4.69, 9.17) is 9.15 Å². The number of carbonyl (C=O) groups is 2. The van der Waals surface area contributed by atoms with Gasteiger partial charge in [0, 0.05) is 11.1 Å². The molecule has 30 heavy (non-hydrogen) atoms. The number of hydrogen-bond acceptors (Lipinski definition) is 5. The van der Waals surface area contributed by atoms with E-state index in [-0.39, 0.29) is 24.3 Å². The quantitative estimate of drug-likeness (QED) is 0.476. The number of furan rings is 1. The van der Waals surface area contributed by atoms with Gasteiger partial charge in [0.1, 0.15) is 23.9 Å². The van der Waals surface area contributed by atoms with Gasteiger partial charge in [-0.15, -0.1) is 0 Å². The Hall–Kier alpha value is -4.00. The van der Waals surface area contributed by atoms with Gasteiger partial charge < -0.3 is 9.15 Å². The zero-order chi connectivity index (χ0) is 20.8. The third-order valence-corrected chi connectivity index (χ3v) is 5.02. The number of halogens is 1. The molecule has 3 aromatic rings. The highest BCUT2D eigenvalue weighted by atomic mass is 19.1. The molecule has 2 aliphatic rings. The number of anilines is 1. The van der Waals surface area contributed by atoms with Gasteiger partial charge in [-0.05, 0) is 55.5 Å². The Labute approximate surface area is 170 Å². The van der Waals surface area contributed by atoms with Crippen LogP contribution in [0, 0.1) is 5.82 Å². The van der Waals surface area contributed by atoms with E-state index in [9.17, 15) is 14.0 Å². The molecule has 1 aromatic heterocycles. The molecule has 0 bridgehead atoms. The first-order valence-corrected chi connectivity index (χ1v) is 9.27. The fourth-order valence-electron chi connectivity index (χ4n) is 3.44. The molecule has 148 valence electrons. The average Bonchev–Trinajstić information content (AvgIpc) is 3.43. The van der Waals surface area contributed by atoms with Crippen LogP contribution >= 0.6 is 0 Å². The van der Waals surface area contributed by atoms with E-state index in [0.717, 1.165) is 11.1 Å². The summed E-state index contributed by atoms with van der Waals surface area (Å²) in [6.45, 7) is 2.01. The molecule has 2 aromatic carbocycles. The van der Waals surface area contributed by atoms with Crippen molar-refractivity contribution < 1.29 is 23.1 Å². The van der Waals surface area contributed by atoms with Crippen LogP contribution in [0.25, 0.3) is 17.4 Å². The van der Waals surface area contributed by atoms with Gasteiger partial charge in [0.2, 0.25) is 0 Å². The molecule has 1 amide bonds. The maximum absolute atomic E-state index is 13.2. The predicted molar refractivity (Wildman–Crippen MR) is 108 cm³/mol. The molecule has 5 rings (SSSR count). The lowest BCUT2D eigenvalue weighted by molar-refractivity contribution is -0.114. The topological polar surface area (TPSA) is 72.1 Å². The number of fused-ring (bicyclic) bond motifs is 1. The maximum atomic E-state index is 13.2. The van der Waals surface area contributed by atoms with Gasteiger partial charge in [-0.1, -0.05) is 12.1 Å². The summed E-state index contributed by atoms with van der Waals surface area (Å²) in [6.07, 6.45) is 1.62. The molecule has 0 atom stereocenters. The van der Waals surface area contributed by atoms with Gasteiger partial charge in [0.05, 0.1) is 22.5 Å². The zero-order valence-corrected chi connectivity index (χ0v) is 15.9. The Morgan fingerprint density at radius 2 is 1.87 bits per heavy atom.